The second kappa shape index (κ2) is 14.1. The standard InChI is InChI=1S/C20H26N4O2.2C2HF3O2/c1-25-18-5-2-4-16(12-18)14-24-10-7-20(15-24)13-17(6-11-26-20)23-19-21-8-3-9-22-19;2*3-2(4,5)1(6)7/h2-5,8-9,12,17H,6-7,10-11,13-15H2,1H3,(H,21,22,23);2*(H,6,7)/t17-,20-;;/m1../s1. The Hall–Kier alpha value is -3.66. The van der Waals surface area contributed by atoms with Gasteiger partial charge in [-0.3, -0.25) is 4.90 Å². The summed E-state index contributed by atoms with van der Waals surface area (Å²) in [6.07, 6.45) is -3.55. The van der Waals surface area contributed by atoms with E-state index in [0.29, 0.717) is 12.0 Å². The van der Waals surface area contributed by atoms with Crippen LogP contribution in [-0.2, 0) is 20.9 Å². The van der Waals surface area contributed by atoms with E-state index in [9.17, 15) is 26.3 Å². The van der Waals surface area contributed by atoms with E-state index in [2.05, 4.69) is 38.4 Å². The third-order valence-electron chi connectivity index (χ3n) is 5.81. The fraction of sp³-hybridized carbons (Fsp3) is 0.500. The lowest BCUT2D eigenvalue weighted by Crippen LogP contribution is -2.46. The Labute approximate surface area is 224 Å². The maximum absolute atomic E-state index is 10.6. The Morgan fingerprint density at radius 3 is 2.25 bits per heavy atom. The van der Waals surface area contributed by atoms with Gasteiger partial charge in [-0.25, -0.2) is 19.6 Å². The molecule has 4 rings (SSSR count). The number of carboxylic acid groups (broad SMARTS) is 2. The molecule has 3 heterocycles. The highest BCUT2D eigenvalue weighted by molar-refractivity contribution is 5.73. The van der Waals surface area contributed by atoms with Gasteiger partial charge in [-0.15, -0.1) is 0 Å². The minimum atomic E-state index is -5.08. The minimum Gasteiger partial charge on any atom is -0.497 e. The number of anilines is 1. The second-order valence-corrected chi connectivity index (χ2v) is 8.86. The number of hydrogen-bond acceptors (Lipinski definition) is 8. The highest BCUT2D eigenvalue weighted by atomic mass is 19.4. The molecule has 2 saturated heterocycles. The molecule has 10 nitrogen and oxygen atoms in total. The fourth-order valence-electron chi connectivity index (χ4n) is 4.08. The van der Waals surface area contributed by atoms with E-state index in [1.54, 1.807) is 19.5 Å². The summed E-state index contributed by atoms with van der Waals surface area (Å²) < 4.78 is 75.1. The normalized spacial score (nSPS) is 20.9. The summed E-state index contributed by atoms with van der Waals surface area (Å²) in [5.74, 6) is -3.89. The van der Waals surface area contributed by atoms with Crippen LogP contribution in [0.1, 0.15) is 24.8 Å². The van der Waals surface area contributed by atoms with E-state index >= 15 is 0 Å². The molecule has 0 radical (unpaired) electrons. The average molecular weight is 582 g/mol. The van der Waals surface area contributed by atoms with E-state index in [1.165, 1.54) is 5.56 Å². The average Bonchev–Trinajstić information content (AvgIpc) is 3.25. The molecule has 2 aromatic rings. The molecule has 2 aliphatic heterocycles. The van der Waals surface area contributed by atoms with Gasteiger partial charge in [-0.2, -0.15) is 26.3 Å². The summed E-state index contributed by atoms with van der Waals surface area (Å²) in [7, 11) is 1.71. The topological polar surface area (TPSA) is 134 Å². The molecule has 0 unspecified atom stereocenters. The Balaban J connectivity index is 0.000000333. The number of benzene rings is 1. The number of rotatable bonds is 5. The Morgan fingerprint density at radius 1 is 1.10 bits per heavy atom. The molecule has 2 aliphatic rings. The zero-order chi connectivity index (χ0) is 30.0. The smallest absolute Gasteiger partial charge is 0.490 e. The van der Waals surface area contributed by atoms with Crippen molar-refractivity contribution in [2.45, 2.75) is 49.8 Å². The van der Waals surface area contributed by atoms with Crippen LogP contribution in [-0.4, -0.2) is 87.8 Å². The number of hydrogen-bond donors (Lipinski definition) is 3. The lowest BCUT2D eigenvalue weighted by Gasteiger charge is -2.38. The Kier molecular flexibility index (Phi) is 11.5. The van der Waals surface area contributed by atoms with Gasteiger partial charge in [0, 0.05) is 44.7 Å². The summed E-state index contributed by atoms with van der Waals surface area (Å²) in [6, 6.07) is 10.5. The van der Waals surface area contributed by atoms with Crippen LogP contribution >= 0.6 is 0 Å². The van der Waals surface area contributed by atoms with Crippen LogP contribution in [0, 0.1) is 0 Å². The van der Waals surface area contributed by atoms with Crippen molar-refractivity contribution in [3.8, 4) is 5.75 Å². The summed E-state index contributed by atoms with van der Waals surface area (Å²) in [5, 5.41) is 17.7. The highest BCUT2D eigenvalue weighted by Gasteiger charge is 2.43. The van der Waals surface area contributed by atoms with Gasteiger partial charge < -0.3 is 25.0 Å². The lowest BCUT2D eigenvalue weighted by atomic mass is 9.89. The number of methoxy groups -OCH3 is 1. The maximum atomic E-state index is 10.6. The molecule has 2 fully saturated rings. The van der Waals surface area contributed by atoms with Crippen LogP contribution in [0.4, 0.5) is 32.3 Å². The largest absolute Gasteiger partial charge is 0.497 e. The molecule has 2 atom stereocenters. The van der Waals surface area contributed by atoms with Crippen LogP contribution in [0.2, 0.25) is 0 Å². The number of nitrogens with zero attached hydrogens (tertiary/aromatic N) is 3. The van der Waals surface area contributed by atoms with Gasteiger partial charge in [0.1, 0.15) is 5.75 Å². The first-order valence-electron chi connectivity index (χ1n) is 11.8. The van der Waals surface area contributed by atoms with Crippen LogP contribution in [0.15, 0.2) is 42.7 Å². The number of carboxylic acids is 2. The van der Waals surface area contributed by atoms with Crippen molar-refractivity contribution in [2.24, 2.45) is 0 Å². The molecule has 1 spiro atoms. The van der Waals surface area contributed by atoms with Gasteiger partial charge in [0.05, 0.1) is 12.7 Å². The van der Waals surface area contributed by atoms with Gasteiger partial charge in [0.2, 0.25) is 5.95 Å². The molecule has 3 N–H and O–H groups in total. The zero-order valence-electron chi connectivity index (χ0n) is 21.2. The number of aliphatic carboxylic acids is 2. The number of ether oxygens (including phenoxy) is 2. The third-order valence-corrected chi connectivity index (χ3v) is 5.81. The summed E-state index contributed by atoms with van der Waals surface area (Å²) in [6.45, 7) is 3.75. The summed E-state index contributed by atoms with van der Waals surface area (Å²) >= 11 is 0. The monoisotopic (exact) mass is 582 g/mol. The number of alkyl halides is 6. The molecule has 1 aromatic carbocycles. The minimum absolute atomic E-state index is 0.0520. The van der Waals surface area contributed by atoms with E-state index in [1.807, 2.05) is 12.1 Å². The number of nitrogens with one attached hydrogen (secondary N) is 1. The van der Waals surface area contributed by atoms with Gasteiger partial charge in [-0.1, -0.05) is 12.1 Å². The SMILES string of the molecule is COc1cccc(CN2CC[C@@]3(C[C@H](Nc4ncccn4)CCO3)C2)c1.O=C(O)C(F)(F)F.O=C(O)C(F)(F)F. The van der Waals surface area contributed by atoms with E-state index in [0.717, 1.165) is 51.3 Å². The molecule has 0 aliphatic carbocycles. The molecule has 0 bridgehead atoms. The fourth-order valence-corrected chi connectivity index (χ4v) is 4.08. The Bertz CT molecular complexity index is 1080. The molecular weight excluding hydrogens is 554 g/mol. The van der Waals surface area contributed by atoms with Gasteiger partial charge in [-0.05, 0) is 43.0 Å². The maximum Gasteiger partial charge on any atom is 0.490 e. The first-order valence-corrected chi connectivity index (χ1v) is 11.8. The molecule has 0 amide bonds. The third kappa shape index (κ3) is 10.8. The predicted molar refractivity (Wildman–Crippen MR) is 128 cm³/mol. The van der Waals surface area contributed by atoms with E-state index < -0.39 is 24.3 Å². The van der Waals surface area contributed by atoms with Gasteiger partial charge in [0.25, 0.3) is 0 Å². The lowest BCUT2D eigenvalue weighted by molar-refractivity contribution is -0.193. The van der Waals surface area contributed by atoms with Crippen molar-refractivity contribution in [2.75, 3.05) is 32.1 Å². The molecular formula is C24H28F6N4O6. The van der Waals surface area contributed by atoms with Crippen molar-refractivity contribution >= 4 is 17.9 Å². The van der Waals surface area contributed by atoms with Gasteiger partial charge >= 0.3 is 24.3 Å². The number of aromatic nitrogens is 2. The first-order chi connectivity index (χ1) is 18.6. The van der Waals surface area contributed by atoms with Gasteiger partial charge in [0.15, 0.2) is 0 Å². The van der Waals surface area contributed by atoms with Crippen LogP contribution < -0.4 is 10.1 Å². The van der Waals surface area contributed by atoms with Crippen LogP contribution in [0.5, 0.6) is 5.75 Å². The molecule has 16 heteroatoms. The zero-order valence-corrected chi connectivity index (χ0v) is 21.2. The number of halogens is 6. The van der Waals surface area contributed by atoms with Crippen molar-refractivity contribution < 1.29 is 55.6 Å². The highest BCUT2D eigenvalue weighted by Crippen LogP contribution is 2.35. The van der Waals surface area contributed by atoms with Crippen molar-refractivity contribution in [3.05, 3.63) is 48.3 Å². The predicted octanol–water partition coefficient (Wildman–Crippen LogP) is 3.99. The molecule has 1 aromatic heterocycles. The summed E-state index contributed by atoms with van der Waals surface area (Å²) in [5.41, 5.74) is 1.23. The van der Waals surface area contributed by atoms with Crippen molar-refractivity contribution in [3.63, 3.8) is 0 Å². The molecule has 0 saturated carbocycles. The molecule has 222 valence electrons. The molecule has 40 heavy (non-hydrogen) atoms. The Morgan fingerprint density at radius 2 is 1.70 bits per heavy atom. The van der Waals surface area contributed by atoms with E-state index in [4.69, 9.17) is 29.3 Å². The van der Waals surface area contributed by atoms with Crippen molar-refractivity contribution in [1.82, 2.24) is 14.9 Å². The number of carbonyl (C=O) groups is 2. The first kappa shape index (κ1) is 32.6. The quantitative estimate of drug-likeness (QED) is 0.445. The summed E-state index contributed by atoms with van der Waals surface area (Å²) in [4.78, 5) is 28.9. The number of likely N-dealkylation sites (tertiary alicyclic amines) is 1. The van der Waals surface area contributed by atoms with Crippen LogP contribution in [0.3, 0.4) is 0 Å². The van der Waals surface area contributed by atoms with Crippen LogP contribution in [0.25, 0.3) is 0 Å². The van der Waals surface area contributed by atoms with Crippen molar-refractivity contribution in [1.29, 1.82) is 0 Å². The van der Waals surface area contributed by atoms with E-state index in [-0.39, 0.29) is 5.60 Å². The second-order valence-electron chi connectivity index (χ2n) is 8.86.